The van der Waals surface area contributed by atoms with Gasteiger partial charge in [0.1, 0.15) is 0 Å². The molecule has 1 aromatic rings. The third kappa shape index (κ3) is 3.67. The van der Waals surface area contributed by atoms with Crippen molar-refractivity contribution in [2.24, 2.45) is 11.8 Å². The van der Waals surface area contributed by atoms with Gasteiger partial charge in [0.2, 0.25) is 0 Å². The van der Waals surface area contributed by atoms with Gasteiger partial charge in [0.15, 0.2) is 0 Å². The van der Waals surface area contributed by atoms with E-state index in [1.54, 1.807) is 0 Å². The third-order valence-electron chi connectivity index (χ3n) is 5.07. The van der Waals surface area contributed by atoms with Crippen LogP contribution in [0.1, 0.15) is 24.0 Å². The zero-order valence-corrected chi connectivity index (χ0v) is 13.1. The summed E-state index contributed by atoms with van der Waals surface area (Å²) in [7, 11) is 0. The Kier molecular flexibility index (Phi) is 5.09. The number of benzene rings is 1. The maximum atomic E-state index is 9.68. The summed E-state index contributed by atoms with van der Waals surface area (Å²) in [6.45, 7) is 6.85. The molecule has 2 heterocycles. The van der Waals surface area contributed by atoms with Crippen LogP contribution in [0.5, 0.6) is 0 Å². The molecule has 0 aromatic heterocycles. The molecule has 2 aliphatic rings. The van der Waals surface area contributed by atoms with Crippen molar-refractivity contribution in [2.75, 3.05) is 39.3 Å². The number of hydrogen-bond donors (Lipinski definition) is 1. The second-order valence-electron chi connectivity index (χ2n) is 6.71. The number of nitrogens with zero attached hydrogens (tertiary/aromatic N) is 3. The van der Waals surface area contributed by atoms with E-state index in [0.717, 1.165) is 26.2 Å². The first kappa shape index (κ1) is 15.5. The normalized spacial score (nSPS) is 26.4. The molecule has 0 spiro atoms. The van der Waals surface area contributed by atoms with Crippen LogP contribution in [-0.4, -0.2) is 54.2 Å². The first-order chi connectivity index (χ1) is 10.8. The van der Waals surface area contributed by atoms with Crippen LogP contribution in [0, 0.1) is 23.2 Å². The topological polar surface area (TPSA) is 50.5 Å². The van der Waals surface area contributed by atoms with Crippen molar-refractivity contribution in [3.8, 4) is 6.07 Å². The molecule has 0 radical (unpaired) electrons. The Morgan fingerprint density at radius 2 is 1.73 bits per heavy atom. The maximum Gasteiger partial charge on any atom is 0.0991 e. The third-order valence-corrected chi connectivity index (χ3v) is 5.07. The van der Waals surface area contributed by atoms with E-state index < -0.39 is 0 Å². The lowest BCUT2D eigenvalue weighted by atomic mass is 9.96. The Hall–Kier alpha value is -1.41. The monoisotopic (exact) mass is 299 g/mol. The molecule has 1 N–H and O–H groups in total. The van der Waals surface area contributed by atoms with Crippen LogP contribution in [0.15, 0.2) is 24.3 Å². The largest absolute Gasteiger partial charge is 0.396 e. The van der Waals surface area contributed by atoms with Gasteiger partial charge in [-0.15, -0.1) is 0 Å². The molecule has 0 unspecified atom stereocenters. The molecule has 0 amide bonds. The van der Waals surface area contributed by atoms with Crippen molar-refractivity contribution in [1.82, 2.24) is 9.80 Å². The van der Waals surface area contributed by atoms with E-state index in [0.29, 0.717) is 24.0 Å². The number of likely N-dealkylation sites (tertiary alicyclic amines) is 2. The van der Waals surface area contributed by atoms with Gasteiger partial charge in [0.25, 0.3) is 0 Å². The number of hydrogen-bond acceptors (Lipinski definition) is 4. The molecule has 118 valence electrons. The zero-order valence-electron chi connectivity index (χ0n) is 13.1. The molecule has 4 heteroatoms. The van der Waals surface area contributed by atoms with E-state index >= 15 is 0 Å². The summed E-state index contributed by atoms with van der Waals surface area (Å²) < 4.78 is 0. The first-order valence-corrected chi connectivity index (χ1v) is 8.33. The highest BCUT2D eigenvalue weighted by Crippen LogP contribution is 2.26. The van der Waals surface area contributed by atoms with Crippen molar-refractivity contribution in [3.05, 3.63) is 35.4 Å². The fourth-order valence-electron chi connectivity index (χ4n) is 3.82. The smallest absolute Gasteiger partial charge is 0.0991 e. The molecule has 2 atom stereocenters. The van der Waals surface area contributed by atoms with Crippen LogP contribution >= 0.6 is 0 Å². The van der Waals surface area contributed by atoms with Crippen molar-refractivity contribution in [1.29, 1.82) is 5.26 Å². The predicted molar refractivity (Wildman–Crippen MR) is 86.2 cm³/mol. The molecule has 0 aliphatic carbocycles. The van der Waals surface area contributed by atoms with Gasteiger partial charge < -0.3 is 10.0 Å². The molecule has 0 bridgehead atoms. The van der Waals surface area contributed by atoms with Gasteiger partial charge in [-0.05, 0) is 55.5 Å². The molecule has 2 aliphatic heterocycles. The zero-order chi connectivity index (χ0) is 15.4. The highest BCUT2D eigenvalue weighted by atomic mass is 16.3. The van der Waals surface area contributed by atoms with Crippen molar-refractivity contribution < 1.29 is 5.11 Å². The lowest BCUT2D eigenvalue weighted by Crippen LogP contribution is -2.31. The molecule has 2 fully saturated rings. The predicted octanol–water partition coefficient (Wildman–Crippen LogP) is 1.69. The molecule has 1 aromatic carbocycles. The second kappa shape index (κ2) is 7.23. The second-order valence-corrected chi connectivity index (χ2v) is 6.71. The minimum Gasteiger partial charge on any atom is -0.396 e. The minimum atomic E-state index is 0.294. The number of nitriles is 1. The van der Waals surface area contributed by atoms with Gasteiger partial charge in [-0.25, -0.2) is 0 Å². The Labute approximate surface area is 133 Å². The summed E-state index contributed by atoms with van der Waals surface area (Å²) in [6, 6.07) is 10.0. The van der Waals surface area contributed by atoms with Crippen LogP contribution in [0.3, 0.4) is 0 Å². The Morgan fingerprint density at radius 1 is 1.05 bits per heavy atom. The van der Waals surface area contributed by atoms with Gasteiger partial charge in [0.05, 0.1) is 11.6 Å². The summed E-state index contributed by atoms with van der Waals surface area (Å²) in [5.74, 6) is 0.987. The average molecular weight is 299 g/mol. The van der Waals surface area contributed by atoms with Crippen LogP contribution in [0.2, 0.25) is 0 Å². The average Bonchev–Trinajstić information content (AvgIpc) is 3.18. The van der Waals surface area contributed by atoms with Gasteiger partial charge >= 0.3 is 0 Å². The van der Waals surface area contributed by atoms with Gasteiger partial charge in [0, 0.05) is 32.8 Å². The van der Waals surface area contributed by atoms with Crippen LogP contribution < -0.4 is 0 Å². The van der Waals surface area contributed by atoms with Gasteiger partial charge in [-0.2, -0.15) is 5.26 Å². The molecular formula is C18H25N3O. The maximum absolute atomic E-state index is 9.68. The quantitative estimate of drug-likeness (QED) is 0.899. The first-order valence-electron chi connectivity index (χ1n) is 8.33. The fraction of sp³-hybridized carbons (Fsp3) is 0.611. The van der Waals surface area contributed by atoms with Crippen molar-refractivity contribution in [3.63, 3.8) is 0 Å². The Balaban J connectivity index is 1.57. The highest BCUT2D eigenvalue weighted by molar-refractivity contribution is 5.31. The lowest BCUT2D eigenvalue weighted by molar-refractivity contribution is 0.175. The molecule has 3 rings (SSSR count). The summed E-state index contributed by atoms with van der Waals surface area (Å²) in [4.78, 5) is 5.00. The molecule has 4 nitrogen and oxygen atoms in total. The van der Waals surface area contributed by atoms with Gasteiger partial charge in [-0.1, -0.05) is 12.1 Å². The Morgan fingerprint density at radius 3 is 2.36 bits per heavy atom. The van der Waals surface area contributed by atoms with E-state index in [2.05, 4.69) is 15.9 Å². The highest BCUT2D eigenvalue weighted by Gasteiger charge is 2.33. The summed E-state index contributed by atoms with van der Waals surface area (Å²) in [5, 5.41) is 18.5. The van der Waals surface area contributed by atoms with Crippen LogP contribution in [-0.2, 0) is 6.54 Å². The minimum absolute atomic E-state index is 0.294. The van der Waals surface area contributed by atoms with Crippen molar-refractivity contribution >= 4 is 0 Å². The van der Waals surface area contributed by atoms with Crippen molar-refractivity contribution in [2.45, 2.75) is 19.4 Å². The van der Waals surface area contributed by atoms with E-state index in [-0.39, 0.29) is 0 Å². The number of aliphatic hydroxyl groups is 1. The standard InChI is InChI=1S/C18H25N3O/c19-9-15-3-5-16(6-4-15)10-21-12-17(18(13-21)14-22)11-20-7-1-2-8-20/h3-6,17-18,22H,1-2,7-8,10-14H2/t17-,18-/m1/s1. The van der Waals surface area contributed by atoms with Gasteiger partial charge in [-0.3, -0.25) is 4.90 Å². The SMILES string of the molecule is N#Cc1ccc(CN2C[C@@H](CN3CCCC3)[C@@H](CO)C2)cc1. The fourth-order valence-corrected chi connectivity index (χ4v) is 3.82. The molecular weight excluding hydrogens is 274 g/mol. The van der Waals surface area contributed by atoms with E-state index in [1.165, 1.54) is 31.5 Å². The van der Waals surface area contributed by atoms with E-state index in [1.807, 2.05) is 24.3 Å². The lowest BCUT2D eigenvalue weighted by Gasteiger charge is -2.23. The van der Waals surface area contributed by atoms with Crippen LogP contribution in [0.25, 0.3) is 0 Å². The molecule has 22 heavy (non-hydrogen) atoms. The summed E-state index contributed by atoms with van der Waals surface area (Å²) in [5.41, 5.74) is 1.96. The van der Waals surface area contributed by atoms with E-state index in [9.17, 15) is 5.11 Å². The summed E-state index contributed by atoms with van der Waals surface area (Å²) in [6.07, 6.45) is 2.65. The van der Waals surface area contributed by atoms with E-state index in [4.69, 9.17) is 5.26 Å². The number of aliphatic hydroxyl groups excluding tert-OH is 1. The van der Waals surface area contributed by atoms with Crippen LogP contribution in [0.4, 0.5) is 0 Å². The molecule has 0 saturated carbocycles. The Bertz CT molecular complexity index is 516. The molecule has 2 saturated heterocycles. The summed E-state index contributed by atoms with van der Waals surface area (Å²) >= 11 is 0. The number of rotatable bonds is 5.